The molecule has 0 aromatic rings. The van der Waals surface area contributed by atoms with Crippen molar-refractivity contribution in [1.29, 1.82) is 0 Å². The number of carbonyl (C=O) groups excluding carboxylic acids is 2. The van der Waals surface area contributed by atoms with Crippen molar-refractivity contribution in [3.63, 3.8) is 0 Å². The summed E-state index contributed by atoms with van der Waals surface area (Å²) in [5.41, 5.74) is 0. The van der Waals surface area contributed by atoms with Crippen LogP contribution in [0.25, 0.3) is 0 Å². The predicted octanol–water partition coefficient (Wildman–Crippen LogP) is 8.50. The molecule has 0 unspecified atom stereocenters. The molecule has 0 saturated heterocycles. The van der Waals surface area contributed by atoms with E-state index >= 15 is 0 Å². The molecule has 0 aliphatic carbocycles. The van der Waals surface area contributed by atoms with Crippen LogP contribution in [0.2, 0.25) is 0 Å². The number of hydrogen-bond acceptors (Lipinski definition) is 4. The van der Waals surface area contributed by atoms with E-state index in [1.807, 2.05) is 0 Å². The summed E-state index contributed by atoms with van der Waals surface area (Å²) in [4.78, 5) is 25.1. The lowest BCUT2D eigenvalue weighted by Gasteiger charge is -2.28. The van der Waals surface area contributed by atoms with Gasteiger partial charge >= 0.3 is 11.9 Å². The number of nitrogens with zero attached hydrogens (tertiary/aromatic N) is 1. The normalized spacial score (nSPS) is 12.1. The van der Waals surface area contributed by atoms with Crippen LogP contribution < -0.4 is 12.4 Å². The quantitative estimate of drug-likeness (QED) is 0.0395. The highest BCUT2D eigenvalue weighted by Gasteiger charge is 2.25. The standard InChI is InChI=1S/C39H78NO4.ClH/c1-6-8-10-12-14-16-18-20-21-22-23-25-27-29-31-33-38(41)44-37(36-40(3,4)5)35-39(42)43-34-32-30-28-26-24-19-17-15-13-11-9-7-2;/h37H,6-36H2,1-5H3;1H/q+1;/p-1/t37-;/m1./s1. The fourth-order valence-electron chi connectivity index (χ4n) is 6.01. The molecule has 0 fully saturated rings. The molecular weight excluding hydrogens is 582 g/mol. The molecule has 0 radical (unpaired) electrons. The Balaban J connectivity index is 0. The molecule has 0 aromatic carbocycles. The molecule has 0 amide bonds. The zero-order valence-electron chi connectivity index (χ0n) is 31.0. The number of unbranched alkanes of at least 4 members (excludes halogenated alkanes) is 25. The molecule has 6 heteroatoms. The molecule has 0 bridgehead atoms. The zero-order valence-corrected chi connectivity index (χ0v) is 31.7. The van der Waals surface area contributed by atoms with E-state index < -0.39 is 6.10 Å². The number of carbonyl (C=O) groups is 2. The molecule has 0 aliphatic rings. The van der Waals surface area contributed by atoms with E-state index in [9.17, 15) is 9.59 Å². The van der Waals surface area contributed by atoms with Gasteiger partial charge < -0.3 is 26.4 Å². The van der Waals surface area contributed by atoms with Crippen LogP contribution in [-0.2, 0) is 19.1 Å². The van der Waals surface area contributed by atoms with Gasteiger partial charge in [0.1, 0.15) is 6.54 Å². The number of ether oxygens (including phenoxy) is 2. The monoisotopic (exact) mass is 660 g/mol. The Morgan fingerprint density at radius 3 is 1.18 bits per heavy atom. The largest absolute Gasteiger partial charge is 1.00 e. The highest BCUT2D eigenvalue weighted by Crippen LogP contribution is 2.15. The first kappa shape index (κ1) is 46.3. The van der Waals surface area contributed by atoms with Crippen molar-refractivity contribution in [1.82, 2.24) is 0 Å². The van der Waals surface area contributed by atoms with Gasteiger partial charge in [-0.15, -0.1) is 0 Å². The van der Waals surface area contributed by atoms with Crippen LogP contribution in [0, 0.1) is 0 Å². The van der Waals surface area contributed by atoms with Crippen LogP contribution in [0.1, 0.15) is 200 Å². The van der Waals surface area contributed by atoms with Gasteiger partial charge in [-0.3, -0.25) is 9.59 Å². The average molecular weight is 661 g/mol. The summed E-state index contributed by atoms with van der Waals surface area (Å²) in [6.07, 6.45) is 35.3. The van der Waals surface area contributed by atoms with Crippen LogP contribution in [-0.4, -0.2) is 56.8 Å². The first-order chi connectivity index (χ1) is 21.3. The van der Waals surface area contributed by atoms with Gasteiger partial charge in [0.05, 0.1) is 34.2 Å². The number of esters is 2. The van der Waals surface area contributed by atoms with E-state index in [0.717, 1.165) is 25.7 Å². The van der Waals surface area contributed by atoms with Crippen LogP contribution >= 0.6 is 0 Å². The highest BCUT2D eigenvalue weighted by atomic mass is 35.5. The molecule has 0 rings (SSSR count). The third-order valence-electron chi connectivity index (χ3n) is 8.69. The topological polar surface area (TPSA) is 52.6 Å². The van der Waals surface area contributed by atoms with E-state index in [1.54, 1.807) is 0 Å². The number of quaternary nitrogens is 1. The smallest absolute Gasteiger partial charge is 0.309 e. The van der Waals surface area contributed by atoms with Crippen molar-refractivity contribution in [2.45, 2.75) is 206 Å². The Morgan fingerprint density at radius 2 is 0.822 bits per heavy atom. The fraction of sp³-hybridized carbons (Fsp3) is 0.949. The van der Waals surface area contributed by atoms with Crippen LogP contribution in [0.5, 0.6) is 0 Å². The number of rotatable bonds is 34. The molecule has 5 nitrogen and oxygen atoms in total. The third kappa shape index (κ3) is 37.5. The van der Waals surface area contributed by atoms with E-state index in [0.29, 0.717) is 24.1 Å². The lowest BCUT2D eigenvalue weighted by atomic mass is 10.0. The molecule has 45 heavy (non-hydrogen) atoms. The van der Waals surface area contributed by atoms with Crippen LogP contribution in [0.15, 0.2) is 0 Å². The Labute approximate surface area is 287 Å². The molecule has 270 valence electrons. The van der Waals surface area contributed by atoms with E-state index in [1.165, 1.54) is 148 Å². The van der Waals surface area contributed by atoms with Gasteiger partial charge in [0.2, 0.25) is 0 Å². The molecule has 0 N–H and O–H groups in total. The lowest BCUT2D eigenvalue weighted by molar-refractivity contribution is -0.873. The maximum Gasteiger partial charge on any atom is 0.309 e. The van der Waals surface area contributed by atoms with Gasteiger partial charge in [0.25, 0.3) is 0 Å². The summed E-state index contributed by atoms with van der Waals surface area (Å²) in [5.74, 6) is -0.418. The molecule has 0 aliphatic heterocycles. The minimum absolute atomic E-state index is 0. The summed E-state index contributed by atoms with van der Waals surface area (Å²) in [6.45, 7) is 5.63. The van der Waals surface area contributed by atoms with Crippen molar-refractivity contribution in [3.05, 3.63) is 0 Å². The van der Waals surface area contributed by atoms with Gasteiger partial charge in [0.15, 0.2) is 6.10 Å². The van der Waals surface area contributed by atoms with Crippen molar-refractivity contribution in [2.24, 2.45) is 0 Å². The molecule has 1 atom stereocenters. The summed E-state index contributed by atoms with van der Waals surface area (Å²) >= 11 is 0. The average Bonchev–Trinajstić information content (AvgIpc) is 2.96. The van der Waals surface area contributed by atoms with Gasteiger partial charge in [-0.05, 0) is 12.8 Å². The Hall–Kier alpha value is -0.810. The van der Waals surface area contributed by atoms with Crippen molar-refractivity contribution >= 4 is 11.9 Å². The van der Waals surface area contributed by atoms with Crippen molar-refractivity contribution in [2.75, 3.05) is 34.3 Å². The minimum Gasteiger partial charge on any atom is -1.00 e. The number of halogens is 1. The predicted molar refractivity (Wildman–Crippen MR) is 189 cm³/mol. The second-order valence-corrected chi connectivity index (χ2v) is 14.6. The van der Waals surface area contributed by atoms with Gasteiger partial charge in [0, 0.05) is 6.42 Å². The summed E-state index contributed by atoms with van der Waals surface area (Å²) < 4.78 is 11.9. The number of hydrogen-bond donors (Lipinski definition) is 0. The van der Waals surface area contributed by atoms with E-state index in [4.69, 9.17) is 9.47 Å². The number of likely N-dealkylation sites (N-methyl/N-ethyl adjacent to an activating group) is 1. The van der Waals surface area contributed by atoms with Crippen molar-refractivity contribution in [3.8, 4) is 0 Å². The van der Waals surface area contributed by atoms with Crippen LogP contribution in [0.3, 0.4) is 0 Å². The Bertz CT molecular complexity index is 637. The van der Waals surface area contributed by atoms with Gasteiger partial charge in [-0.25, -0.2) is 0 Å². The SMILES string of the molecule is CCCCCCCCCCCCCCCCCC(=O)O[C@H](CC(=O)OCCCCCCCCCCCCCC)C[N+](C)(C)C.[Cl-]. The lowest BCUT2D eigenvalue weighted by Crippen LogP contribution is -3.00. The summed E-state index contributed by atoms with van der Waals surface area (Å²) in [6, 6.07) is 0. The molecule has 0 saturated carbocycles. The Kier molecular flexibility index (Phi) is 35.5. The first-order valence-electron chi connectivity index (χ1n) is 19.4. The zero-order chi connectivity index (χ0) is 32.6. The highest BCUT2D eigenvalue weighted by molar-refractivity contribution is 5.72. The second-order valence-electron chi connectivity index (χ2n) is 14.6. The van der Waals surface area contributed by atoms with E-state index in [2.05, 4.69) is 35.0 Å². The minimum atomic E-state index is -0.423. The maximum atomic E-state index is 12.6. The summed E-state index contributed by atoms with van der Waals surface area (Å²) in [5, 5.41) is 0. The third-order valence-corrected chi connectivity index (χ3v) is 8.69. The van der Waals surface area contributed by atoms with Gasteiger partial charge in [-0.1, -0.05) is 174 Å². The van der Waals surface area contributed by atoms with Gasteiger partial charge in [-0.2, -0.15) is 0 Å². The molecular formula is C39H78ClNO4. The Morgan fingerprint density at radius 1 is 0.489 bits per heavy atom. The van der Waals surface area contributed by atoms with E-state index in [-0.39, 0.29) is 30.8 Å². The summed E-state index contributed by atoms with van der Waals surface area (Å²) in [7, 11) is 6.19. The van der Waals surface area contributed by atoms with Crippen LogP contribution in [0.4, 0.5) is 0 Å². The second kappa shape index (κ2) is 34.5. The fourth-order valence-corrected chi connectivity index (χ4v) is 6.01. The molecule has 0 aromatic heterocycles. The van der Waals surface area contributed by atoms with Crippen molar-refractivity contribution < 1.29 is 36.0 Å². The molecule has 0 spiro atoms. The first-order valence-corrected chi connectivity index (χ1v) is 19.4. The molecule has 0 heterocycles. The maximum absolute atomic E-state index is 12.6.